The number of aromatic nitrogens is 2. The molecule has 1 unspecified atom stereocenters. The van der Waals surface area contributed by atoms with Gasteiger partial charge in [-0.15, -0.1) is 0 Å². The van der Waals surface area contributed by atoms with Crippen molar-refractivity contribution in [3.8, 4) is 0 Å². The number of aliphatic hydroxyl groups is 1. The fraction of sp³-hybridized carbons (Fsp3) is 0.125. The molecule has 0 spiro atoms. The third kappa shape index (κ3) is 2.04. The standard InChI is InChI=1S/C16H13FN2O/c1-16(20,15-6-5-12(17)10-19-15)14-4-2-3-11-9-18-8-7-13(11)14/h2-10,20H,1H3. The van der Waals surface area contributed by atoms with E-state index in [9.17, 15) is 9.50 Å². The smallest absolute Gasteiger partial charge is 0.141 e. The van der Waals surface area contributed by atoms with Gasteiger partial charge in [-0.2, -0.15) is 0 Å². The van der Waals surface area contributed by atoms with Gasteiger partial charge in [0.2, 0.25) is 0 Å². The SMILES string of the molecule is CC(O)(c1ccc(F)cn1)c1cccc2cnccc12. The maximum absolute atomic E-state index is 13.0. The number of fused-ring (bicyclic) bond motifs is 1. The Labute approximate surface area is 115 Å². The molecule has 0 bridgehead atoms. The molecule has 0 saturated heterocycles. The predicted octanol–water partition coefficient (Wildman–Crippen LogP) is 3.02. The van der Waals surface area contributed by atoms with Crippen LogP contribution in [0.4, 0.5) is 4.39 Å². The van der Waals surface area contributed by atoms with E-state index in [2.05, 4.69) is 9.97 Å². The Hall–Kier alpha value is -2.33. The second-order valence-electron chi connectivity index (χ2n) is 4.84. The van der Waals surface area contributed by atoms with Gasteiger partial charge in [0.15, 0.2) is 0 Å². The first-order valence-electron chi connectivity index (χ1n) is 6.26. The van der Waals surface area contributed by atoms with Crippen LogP contribution in [0.1, 0.15) is 18.2 Å². The zero-order valence-electron chi connectivity index (χ0n) is 10.9. The van der Waals surface area contributed by atoms with Gasteiger partial charge in [-0.25, -0.2) is 4.39 Å². The first-order valence-corrected chi connectivity index (χ1v) is 6.26. The number of pyridine rings is 2. The second kappa shape index (κ2) is 4.65. The van der Waals surface area contributed by atoms with Crippen molar-refractivity contribution >= 4 is 10.8 Å². The molecule has 0 amide bonds. The molecule has 20 heavy (non-hydrogen) atoms. The van der Waals surface area contributed by atoms with Crippen LogP contribution >= 0.6 is 0 Å². The summed E-state index contributed by atoms with van der Waals surface area (Å²) in [5.74, 6) is -0.424. The number of nitrogens with zero attached hydrogens (tertiary/aromatic N) is 2. The highest BCUT2D eigenvalue weighted by Crippen LogP contribution is 2.32. The Balaban J connectivity index is 2.20. The second-order valence-corrected chi connectivity index (χ2v) is 4.84. The maximum Gasteiger partial charge on any atom is 0.141 e. The lowest BCUT2D eigenvalue weighted by atomic mass is 9.88. The van der Waals surface area contributed by atoms with E-state index >= 15 is 0 Å². The van der Waals surface area contributed by atoms with Gasteiger partial charge < -0.3 is 5.11 Å². The molecule has 0 fully saturated rings. The van der Waals surface area contributed by atoms with Crippen molar-refractivity contribution in [1.29, 1.82) is 0 Å². The van der Waals surface area contributed by atoms with Crippen LogP contribution in [0.3, 0.4) is 0 Å². The van der Waals surface area contributed by atoms with E-state index < -0.39 is 11.4 Å². The summed E-state index contributed by atoms with van der Waals surface area (Å²) in [6.07, 6.45) is 4.53. The average Bonchev–Trinajstić information content (AvgIpc) is 2.47. The molecule has 0 radical (unpaired) electrons. The Morgan fingerprint density at radius 3 is 2.70 bits per heavy atom. The summed E-state index contributed by atoms with van der Waals surface area (Å²) in [4.78, 5) is 8.07. The first kappa shape index (κ1) is 12.7. The zero-order chi connectivity index (χ0) is 14.2. The fourth-order valence-corrected chi connectivity index (χ4v) is 2.35. The third-order valence-electron chi connectivity index (χ3n) is 3.43. The summed E-state index contributed by atoms with van der Waals surface area (Å²) in [5.41, 5.74) is -0.172. The summed E-state index contributed by atoms with van der Waals surface area (Å²) in [5, 5.41) is 12.7. The molecule has 3 aromatic rings. The predicted molar refractivity (Wildman–Crippen MR) is 74.6 cm³/mol. The number of hydrogen-bond acceptors (Lipinski definition) is 3. The quantitative estimate of drug-likeness (QED) is 0.777. The van der Waals surface area contributed by atoms with Gasteiger partial charge in [0.25, 0.3) is 0 Å². The lowest BCUT2D eigenvalue weighted by Crippen LogP contribution is -2.24. The van der Waals surface area contributed by atoms with Gasteiger partial charge in [-0.05, 0) is 36.1 Å². The van der Waals surface area contributed by atoms with E-state index in [0.29, 0.717) is 5.69 Å². The summed E-state index contributed by atoms with van der Waals surface area (Å²) < 4.78 is 13.0. The fourth-order valence-electron chi connectivity index (χ4n) is 2.35. The third-order valence-corrected chi connectivity index (χ3v) is 3.43. The van der Waals surface area contributed by atoms with Crippen LogP contribution < -0.4 is 0 Å². The minimum atomic E-state index is -1.30. The van der Waals surface area contributed by atoms with Crippen LogP contribution in [-0.4, -0.2) is 15.1 Å². The zero-order valence-corrected chi connectivity index (χ0v) is 10.9. The average molecular weight is 268 g/mol. The molecule has 0 aliphatic heterocycles. The van der Waals surface area contributed by atoms with Crippen molar-refractivity contribution in [2.45, 2.75) is 12.5 Å². The number of benzene rings is 1. The molecule has 100 valence electrons. The number of hydrogen-bond donors (Lipinski definition) is 1. The molecule has 2 heterocycles. The largest absolute Gasteiger partial charge is 0.379 e. The molecule has 4 heteroatoms. The summed E-state index contributed by atoms with van der Waals surface area (Å²) >= 11 is 0. The summed E-state index contributed by atoms with van der Waals surface area (Å²) in [7, 11) is 0. The van der Waals surface area contributed by atoms with E-state index in [0.717, 1.165) is 22.5 Å². The Kier molecular flexibility index (Phi) is 2.95. The van der Waals surface area contributed by atoms with Crippen LogP contribution in [0, 0.1) is 5.82 Å². The molecular formula is C16H13FN2O. The minimum absolute atomic E-state index is 0.406. The van der Waals surface area contributed by atoms with Crippen molar-refractivity contribution in [3.63, 3.8) is 0 Å². The molecule has 2 aromatic heterocycles. The molecule has 3 rings (SSSR count). The minimum Gasteiger partial charge on any atom is -0.379 e. The first-order chi connectivity index (χ1) is 9.59. The Bertz CT molecular complexity index is 749. The highest BCUT2D eigenvalue weighted by Gasteiger charge is 2.28. The van der Waals surface area contributed by atoms with Crippen molar-refractivity contribution < 1.29 is 9.50 Å². The molecular weight excluding hydrogens is 255 g/mol. The van der Waals surface area contributed by atoms with Crippen molar-refractivity contribution in [1.82, 2.24) is 9.97 Å². The Morgan fingerprint density at radius 1 is 1.10 bits per heavy atom. The van der Waals surface area contributed by atoms with Gasteiger partial charge in [0, 0.05) is 17.8 Å². The van der Waals surface area contributed by atoms with Crippen LogP contribution in [0.5, 0.6) is 0 Å². The molecule has 1 N–H and O–H groups in total. The molecule has 1 aromatic carbocycles. The van der Waals surface area contributed by atoms with Crippen molar-refractivity contribution in [3.05, 3.63) is 72.1 Å². The number of rotatable bonds is 2. The van der Waals surface area contributed by atoms with Crippen LogP contribution in [-0.2, 0) is 5.60 Å². The van der Waals surface area contributed by atoms with Gasteiger partial charge in [0.1, 0.15) is 11.4 Å². The van der Waals surface area contributed by atoms with E-state index in [-0.39, 0.29) is 0 Å². The van der Waals surface area contributed by atoms with E-state index in [1.807, 2.05) is 24.3 Å². The normalized spacial score (nSPS) is 14.2. The van der Waals surface area contributed by atoms with Crippen LogP contribution in [0.15, 0.2) is 55.0 Å². The molecule has 0 saturated carbocycles. The Morgan fingerprint density at radius 2 is 1.95 bits per heavy atom. The van der Waals surface area contributed by atoms with Crippen LogP contribution in [0.2, 0.25) is 0 Å². The topological polar surface area (TPSA) is 46.0 Å². The van der Waals surface area contributed by atoms with Crippen molar-refractivity contribution in [2.75, 3.05) is 0 Å². The van der Waals surface area contributed by atoms with E-state index in [1.165, 1.54) is 12.1 Å². The maximum atomic E-state index is 13.0. The monoisotopic (exact) mass is 268 g/mol. The lowest BCUT2D eigenvalue weighted by Gasteiger charge is -2.24. The van der Waals surface area contributed by atoms with Gasteiger partial charge >= 0.3 is 0 Å². The van der Waals surface area contributed by atoms with Gasteiger partial charge in [0.05, 0.1) is 11.9 Å². The van der Waals surface area contributed by atoms with E-state index in [1.54, 1.807) is 19.3 Å². The van der Waals surface area contributed by atoms with Crippen molar-refractivity contribution in [2.24, 2.45) is 0 Å². The summed E-state index contributed by atoms with van der Waals surface area (Å²) in [6, 6.07) is 10.3. The highest BCUT2D eigenvalue weighted by atomic mass is 19.1. The number of halogens is 1. The van der Waals surface area contributed by atoms with E-state index in [4.69, 9.17) is 0 Å². The lowest BCUT2D eigenvalue weighted by molar-refractivity contribution is 0.0988. The van der Waals surface area contributed by atoms with Gasteiger partial charge in [-0.3, -0.25) is 9.97 Å². The highest BCUT2D eigenvalue weighted by molar-refractivity contribution is 5.85. The molecule has 3 nitrogen and oxygen atoms in total. The molecule has 1 atom stereocenters. The molecule has 0 aliphatic carbocycles. The van der Waals surface area contributed by atoms with Gasteiger partial charge in [-0.1, -0.05) is 18.2 Å². The summed E-state index contributed by atoms with van der Waals surface area (Å²) in [6.45, 7) is 1.66. The molecule has 0 aliphatic rings. The van der Waals surface area contributed by atoms with Crippen LogP contribution in [0.25, 0.3) is 10.8 Å².